The fourth-order valence-corrected chi connectivity index (χ4v) is 4.13. The number of nitrogens with one attached hydrogen (secondary N) is 1. The quantitative estimate of drug-likeness (QED) is 0.682. The molecule has 24 heavy (non-hydrogen) atoms. The summed E-state index contributed by atoms with van der Waals surface area (Å²) in [5.74, 6) is -0.0197. The largest absolute Gasteiger partial charge is 0.334 e. The van der Waals surface area contributed by atoms with Gasteiger partial charge in [-0.2, -0.15) is 0 Å². The molecule has 3 aromatic rings. The molecule has 1 amide bonds. The molecular formula is C17H15N3O2S2. The molecule has 1 N–H and O–H groups in total. The van der Waals surface area contributed by atoms with Crippen molar-refractivity contribution >= 4 is 40.4 Å². The number of H-pyrrole nitrogens is 1. The van der Waals surface area contributed by atoms with Crippen molar-refractivity contribution in [3.63, 3.8) is 0 Å². The van der Waals surface area contributed by atoms with E-state index in [4.69, 9.17) is 12.2 Å². The first kappa shape index (κ1) is 15.3. The van der Waals surface area contributed by atoms with Crippen LogP contribution < -0.4 is 5.56 Å². The van der Waals surface area contributed by atoms with E-state index in [0.717, 1.165) is 13.0 Å². The second-order valence-electron chi connectivity index (χ2n) is 5.90. The summed E-state index contributed by atoms with van der Waals surface area (Å²) in [5, 5.41) is 2.60. The number of benzene rings is 1. The summed E-state index contributed by atoms with van der Waals surface area (Å²) in [6.45, 7) is 1.36. The molecule has 0 saturated carbocycles. The van der Waals surface area contributed by atoms with Gasteiger partial charge in [0.1, 0.15) is 0 Å². The molecule has 1 aliphatic heterocycles. The smallest absolute Gasteiger partial charge is 0.261 e. The van der Waals surface area contributed by atoms with Crippen molar-refractivity contribution in [3.05, 3.63) is 60.8 Å². The maximum absolute atomic E-state index is 12.8. The molecule has 0 radical (unpaired) electrons. The number of hydrogen-bond donors (Lipinski definition) is 1. The lowest BCUT2D eigenvalue weighted by molar-refractivity contribution is 0.0736. The van der Waals surface area contributed by atoms with Gasteiger partial charge in [0.25, 0.3) is 11.5 Å². The maximum atomic E-state index is 12.8. The number of aromatic nitrogens is 2. The lowest BCUT2D eigenvalue weighted by atomic mass is 10.1. The fraction of sp³-hybridized carbons (Fsp3) is 0.235. The number of rotatable bonds is 1. The highest BCUT2D eigenvalue weighted by Gasteiger charge is 2.22. The molecule has 1 aromatic carbocycles. The molecule has 0 fully saturated rings. The Bertz CT molecular complexity index is 1080. The molecular weight excluding hydrogens is 342 g/mol. The Morgan fingerprint density at radius 2 is 2.17 bits per heavy atom. The predicted octanol–water partition coefficient (Wildman–Crippen LogP) is 2.86. The molecule has 4 rings (SSSR count). The topological polar surface area (TPSA) is 58.1 Å². The van der Waals surface area contributed by atoms with E-state index in [-0.39, 0.29) is 11.5 Å². The number of fused-ring (bicyclic) bond motifs is 2. The van der Waals surface area contributed by atoms with Crippen LogP contribution in [0.25, 0.3) is 10.9 Å². The van der Waals surface area contributed by atoms with Gasteiger partial charge in [0.2, 0.25) is 0 Å². The molecule has 0 saturated heterocycles. The number of aromatic amines is 1. The van der Waals surface area contributed by atoms with E-state index in [0.29, 0.717) is 27.8 Å². The van der Waals surface area contributed by atoms with Gasteiger partial charge in [-0.3, -0.25) is 14.2 Å². The van der Waals surface area contributed by atoms with Crippen LogP contribution in [0.2, 0.25) is 0 Å². The van der Waals surface area contributed by atoms with E-state index in [2.05, 4.69) is 16.4 Å². The van der Waals surface area contributed by atoms with Gasteiger partial charge < -0.3 is 9.88 Å². The normalized spacial score (nSPS) is 14.0. The monoisotopic (exact) mass is 357 g/mol. The summed E-state index contributed by atoms with van der Waals surface area (Å²) >= 11 is 6.90. The van der Waals surface area contributed by atoms with Crippen LogP contribution in [0.1, 0.15) is 20.8 Å². The highest BCUT2D eigenvalue weighted by molar-refractivity contribution is 7.71. The van der Waals surface area contributed by atoms with E-state index in [9.17, 15) is 9.59 Å². The standard InChI is InChI=1S/C17H15N3O2S2/c1-19-16(22)12-3-2-10(8-13(12)18-17(19)23)15(21)20-6-4-14-11(9-20)5-7-24-14/h2-3,5,7-8H,4,6,9H2,1H3,(H,18,23). The number of nitrogens with zero attached hydrogens (tertiary/aromatic N) is 2. The minimum atomic E-state index is -0.159. The van der Waals surface area contributed by atoms with Gasteiger partial charge in [-0.1, -0.05) is 0 Å². The Labute approximate surface area is 147 Å². The summed E-state index contributed by atoms with van der Waals surface area (Å²) in [7, 11) is 1.63. The molecule has 2 aromatic heterocycles. The predicted molar refractivity (Wildman–Crippen MR) is 97.1 cm³/mol. The highest BCUT2D eigenvalue weighted by atomic mass is 32.1. The third kappa shape index (κ3) is 2.40. The lowest BCUT2D eigenvalue weighted by Gasteiger charge is -2.27. The van der Waals surface area contributed by atoms with Gasteiger partial charge in [-0.25, -0.2) is 0 Å². The Kier molecular flexibility index (Phi) is 3.62. The minimum absolute atomic E-state index is 0.0197. The van der Waals surface area contributed by atoms with Crippen LogP contribution in [-0.4, -0.2) is 26.9 Å². The Morgan fingerprint density at radius 1 is 1.33 bits per heavy atom. The van der Waals surface area contributed by atoms with Crippen LogP contribution in [-0.2, 0) is 20.0 Å². The summed E-state index contributed by atoms with van der Waals surface area (Å²) < 4.78 is 1.74. The third-order valence-electron chi connectivity index (χ3n) is 4.44. The van der Waals surface area contributed by atoms with Crippen LogP contribution in [0.3, 0.4) is 0 Å². The second-order valence-corrected chi connectivity index (χ2v) is 7.29. The maximum Gasteiger partial charge on any atom is 0.261 e. The summed E-state index contributed by atoms with van der Waals surface area (Å²) in [6.07, 6.45) is 0.898. The minimum Gasteiger partial charge on any atom is -0.334 e. The van der Waals surface area contributed by atoms with Gasteiger partial charge in [0.15, 0.2) is 4.77 Å². The molecule has 3 heterocycles. The average Bonchev–Trinajstić information content (AvgIpc) is 3.06. The molecule has 0 atom stereocenters. The van der Waals surface area contributed by atoms with Crippen molar-refractivity contribution in [1.29, 1.82) is 0 Å². The van der Waals surface area contributed by atoms with Crippen LogP contribution >= 0.6 is 23.6 Å². The molecule has 0 bridgehead atoms. The number of carbonyl (C=O) groups is 1. The summed E-state index contributed by atoms with van der Waals surface area (Å²) in [6, 6.07) is 7.21. The van der Waals surface area contributed by atoms with Crippen LogP contribution in [0.15, 0.2) is 34.4 Å². The van der Waals surface area contributed by atoms with Gasteiger partial charge in [0, 0.05) is 30.6 Å². The lowest BCUT2D eigenvalue weighted by Crippen LogP contribution is -2.35. The van der Waals surface area contributed by atoms with Gasteiger partial charge in [-0.05, 0) is 53.8 Å². The second kappa shape index (κ2) is 5.68. The number of thiophene rings is 1. The average molecular weight is 357 g/mol. The van der Waals surface area contributed by atoms with Crippen molar-refractivity contribution in [2.24, 2.45) is 7.05 Å². The van der Waals surface area contributed by atoms with Gasteiger partial charge in [-0.15, -0.1) is 11.3 Å². The molecule has 0 unspecified atom stereocenters. The van der Waals surface area contributed by atoms with E-state index in [1.165, 1.54) is 15.0 Å². The fourth-order valence-electron chi connectivity index (χ4n) is 3.04. The molecule has 0 spiro atoms. The first-order valence-corrected chi connectivity index (χ1v) is 8.91. The molecule has 122 valence electrons. The summed E-state index contributed by atoms with van der Waals surface area (Å²) in [4.78, 5) is 31.3. The molecule has 7 heteroatoms. The van der Waals surface area contributed by atoms with Crippen molar-refractivity contribution in [2.75, 3.05) is 6.54 Å². The van der Waals surface area contributed by atoms with Gasteiger partial charge in [0.05, 0.1) is 10.9 Å². The zero-order chi connectivity index (χ0) is 16.8. The van der Waals surface area contributed by atoms with E-state index in [1.807, 2.05) is 4.90 Å². The molecule has 0 aliphatic carbocycles. The summed E-state index contributed by atoms with van der Waals surface area (Å²) in [5.41, 5.74) is 2.24. The van der Waals surface area contributed by atoms with E-state index in [1.54, 1.807) is 36.6 Å². The Morgan fingerprint density at radius 3 is 3.00 bits per heavy atom. The van der Waals surface area contributed by atoms with Crippen LogP contribution in [0.4, 0.5) is 0 Å². The molecule has 1 aliphatic rings. The SMILES string of the molecule is Cn1c(=S)[nH]c2cc(C(=O)N3CCc4sccc4C3)ccc2c1=O. The number of amides is 1. The molecule has 5 nitrogen and oxygen atoms in total. The first-order chi connectivity index (χ1) is 11.5. The van der Waals surface area contributed by atoms with Crippen molar-refractivity contribution in [3.8, 4) is 0 Å². The van der Waals surface area contributed by atoms with Crippen molar-refractivity contribution < 1.29 is 4.79 Å². The Balaban J connectivity index is 1.72. The van der Waals surface area contributed by atoms with Crippen molar-refractivity contribution in [2.45, 2.75) is 13.0 Å². The van der Waals surface area contributed by atoms with Crippen LogP contribution in [0.5, 0.6) is 0 Å². The zero-order valence-corrected chi connectivity index (χ0v) is 14.7. The third-order valence-corrected chi connectivity index (χ3v) is 5.84. The van der Waals surface area contributed by atoms with Crippen molar-refractivity contribution in [1.82, 2.24) is 14.5 Å². The first-order valence-electron chi connectivity index (χ1n) is 7.62. The number of hydrogen-bond acceptors (Lipinski definition) is 4. The van der Waals surface area contributed by atoms with E-state index < -0.39 is 0 Å². The van der Waals surface area contributed by atoms with Gasteiger partial charge >= 0.3 is 0 Å². The zero-order valence-electron chi connectivity index (χ0n) is 13.0. The Hall–Kier alpha value is -2.25. The van der Waals surface area contributed by atoms with E-state index >= 15 is 0 Å². The highest BCUT2D eigenvalue weighted by Crippen LogP contribution is 2.25. The van der Waals surface area contributed by atoms with Crippen LogP contribution in [0, 0.1) is 4.77 Å². The number of carbonyl (C=O) groups excluding carboxylic acids is 1.